The monoisotopic (exact) mass is 321 g/mol. The quantitative estimate of drug-likeness (QED) is 0.312. The molecule has 0 aliphatic rings. The van der Waals surface area contributed by atoms with Crippen molar-refractivity contribution < 1.29 is 0 Å². The summed E-state index contributed by atoms with van der Waals surface area (Å²) < 4.78 is 1.78. The fraction of sp³-hybridized carbons (Fsp3) is 0. The fourth-order valence-corrected chi connectivity index (χ4v) is 3.88. The lowest BCUT2D eigenvalue weighted by molar-refractivity contribution is 1.19. The number of fused-ring (bicyclic) bond motifs is 6. The molecule has 0 unspecified atom stereocenters. The molecule has 0 saturated heterocycles. The Kier molecular flexibility index (Phi) is 2.21. The highest BCUT2D eigenvalue weighted by atomic mass is 16.1. The summed E-state index contributed by atoms with van der Waals surface area (Å²) in [6.07, 6.45) is 1.80. The van der Waals surface area contributed by atoms with Gasteiger partial charge >= 0.3 is 0 Å². The third kappa shape index (κ3) is 1.49. The highest BCUT2D eigenvalue weighted by Crippen LogP contribution is 2.32. The summed E-state index contributed by atoms with van der Waals surface area (Å²) in [4.78, 5) is 22.7. The second-order valence-corrected chi connectivity index (χ2v) is 6.29. The van der Waals surface area contributed by atoms with Gasteiger partial charge in [-0.25, -0.2) is 4.98 Å². The molecule has 0 radical (unpaired) electrons. The van der Waals surface area contributed by atoms with E-state index >= 15 is 0 Å². The lowest BCUT2D eigenvalue weighted by atomic mass is 10.1. The van der Waals surface area contributed by atoms with Crippen molar-refractivity contribution in [2.24, 2.45) is 0 Å². The van der Waals surface area contributed by atoms with E-state index in [1.807, 2.05) is 60.7 Å². The van der Waals surface area contributed by atoms with E-state index in [0.29, 0.717) is 10.9 Å². The normalized spacial score (nSPS) is 12.2. The first kappa shape index (κ1) is 12.8. The van der Waals surface area contributed by atoms with Gasteiger partial charge in [-0.1, -0.05) is 36.4 Å². The van der Waals surface area contributed by atoms with Gasteiger partial charge in [-0.05, 0) is 24.3 Å². The summed E-state index contributed by atoms with van der Waals surface area (Å²) in [5.41, 5.74) is 4.04. The summed E-state index contributed by atoms with van der Waals surface area (Å²) in [5, 5.41) is 3.66. The first-order chi connectivity index (χ1) is 12.3. The number of hydrogen-bond donors (Lipinski definition) is 0. The first-order valence-electron chi connectivity index (χ1n) is 8.16. The maximum Gasteiger partial charge on any atom is 0.265 e. The Labute approximate surface area is 141 Å². The molecule has 4 nitrogen and oxygen atoms in total. The molecule has 4 heterocycles. The molecule has 0 atom stereocenters. The van der Waals surface area contributed by atoms with Crippen molar-refractivity contribution in [3.63, 3.8) is 0 Å². The van der Waals surface area contributed by atoms with Gasteiger partial charge < -0.3 is 0 Å². The number of benzene rings is 2. The molecule has 0 aliphatic carbocycles. The molecular weight excluding hydrogens is 310 g/mol. The van der Waals surface area contributed by atoms with E-state index < -0.39 is 0 Å². The van der Waals surface area contributed by atoms with Crippen LogP contribution in [0.3, 0.4) is 0 Å². The number of para-hydroxylation sites is 2. The second-order valence-electron chi connectivity index (χ2n) is 6.29. The van der Waals surface area contributed by atoms with E-state index in [9.17, 15) is 4.79 Å². The Morgan fingerprint density at radius 1 is 0.800 bits per heavy atom. The van der Waals surface area contributed by atoms with Crippen LogP contribution in [0.1, 0.15) is 0 Å². The number of rotatable bonds is 0. The minimum absolute atomic E-state index is 0.0417. The highest BCUT2D eigenvalue weighted by molar-refractivity contribution is 6.18. The number of pyridine rings is 3. The zero-order chi connectivity index (χ0) is 16.5. The summed E-state index contributed by atoms with van der Waals surface area (Å²) in [6.45, 7) is 0. The maximum atomic E-state index is 13.3. The van der Waals surface area contributed by atoms with Gasteiger partial charge in [-0.2, -0.15) is 0 Å². The third-order valence-electron chi connectivity index (χ3n) is 4.96. The largest absolute Gasteiger partial charge is 0.273 e. The maximum absolute atomic E-state index is 13.3. The smallest absolute Gasteiger partial charge is 0.265 e. The van der Waals surface area contributed by atoms with Gasteiger partial charge in [0.25, 0.3) is 5.56 Å². The minimum atomic E-state index is -0.0417. The van der Waals surface area contributed by atoms with Crippen molar-refractivity contribution in [3.05, 3.63) is 77.2 Å². The van der Waals surface area contributed by atoms with Crippen LogP contribution in [0.2, 0.25) is 0 Å². The molecule has 4 heteroatoms. The average molecular weight is 321 g/mol. The molecule has 0 bridgehead atoms. The van der Waals surface area contributed by atoms with Crippen LogP contribution in [0.5, 0.6) is 0 Å². The first-order valence-corrected chi connectivity index (χ1v) is 8.16. The molecule has 2 aromatic carbocycles. The molecule has 25 heavy (non-hydrogen) atoms. The SMILES string of the molecule is O=c1c2cc3ccccc3nc2c2nccc3c4ccccc4n1c32. The van der Waals surface area contributed by atoms with E-state index in [2.05, 4.69) is 4.98 Å². The van der Waals surface area contributed by atoms with Gasteiger partial charge in [-0.3, -0.25) is 14.2 Å². The fourth-order valence-electron chi connectivity index (χ4n) is 3.88. The van der Waals surface area contributed by atoms with Crippen LogP contribution >= 0.6 is 0 Å². The molecule has 0 spiro atoms. The van der Waals surface area contributed by atoms with Crippen molar-refractivity contribution >= 4 is 49.1 Å². The topological polar surface area (TPSA) is 47.3 Å². The van der Waals surface area contributed by atoms with Crippen molar-refractivity contribution in [3.8, 4) is 0 Å². The number of nitrogens with zero attached hydrogens (tertiary/aromatic N) is 3. The summed E-state index contributed by atoms with van der Waals surface area (Å²) in [7, 11) is 0. The molecule has 0 aliphatic heterocycles. The van der Waals surface area contributed by atoms with Gasteiger partial charge in [-0.15, -0.1) is 0 Å². The molecule has 0 saturated carbocycles. The second kappa shape index (κ2) is 4.30. The Bertz CT molecular complexity index is 1510. The van der Waals surface area contributed by atoms with E-state index in [4.69, 9.17) is 4.98 Å². The van der Waals surface area contributed by atoms with Crippen LogP contribution in [0.4, 0.5) is 0 Å². The van der Waals surface area contributed by atoms with Crippen LogP contribution in [0.25, 0.3) is 49.1 Å². The summed E-state index contributed by atoms with van der Waals surface area (Å²) in [6, 6.07) is 19.7. The standard InChI is InChI=1S/C21H11N3O/c25-21-15-11-12-5-1-3-7-16(12)23-18(15)19-20-14(9-10-22-19)13-6-2-4-8-17(13)24(20)21/h1-11H. The molecular formula is C21H11N3O. The Balaban J connectivity index is 2.04. The Morgan fingerprint density at radius 2 is 1.64 bits per heavy atom. The third-order valence-corrected chi connectivity index (χ3v) is 4.96. The van der Waals surface area contributed by atoms with Crippen LogP contribution < -0.4 is 5.56 Å². The molecule has 4 aromatic heterocycles. The average Bonchev–Trinajstić information content (AvgIpc) is 3.01. The van der Waals surface area contributed by atoms with Gasteiger partial charge in [0.05, 0.1) is 21.9 Å². The zero-order valence-corrected chi connectivity index (χ0v) is 13.1. The summed E-state index contributed by atoms with van der Waals surface area (Å²) >= 11 is 0. The van der Waals surface area contributed by atoms with Gasteiger partial charge in [0, 0.05) is 22.4 Å². The van der Waals surface area contributed by atoms with Crippen LogP contribution in [-0.4, -0.2) is 14.4 Å². The van der Waals surface area contributed by atoms with Crippen molar-refractivity contribution in [2.75, 3.05) is 0 Å². The molecule has 116 valence electrons. The van der Waals surface area contributed by atoms with Crippen LogP contribution in [0.15, 0.2) is 71.7 Å². The molecule has 0 fully saturated rings. The molecule has 0 N–H and O–H groups in total. The van der Waals surface area contributed by atoms with E-state index in [1.54, 1.807) is 10.6 Å². The van der Waals surface area contributed by atoms with Crippen molar-refractivity contribution in [2.45, 2.75) is 0 Å². The molecule has 6 aromatic rings. The number of hydrogen-bond acceptors (Lipinski definition) is 3. The van der Waals surface area contributed by atoms with Gasteiger partial charge in [0.15, 0.2) is 0 Å². The molecule has 6 rings (SSSR count). The Hall–Kier alpha value is -3.53. The van der Waals surface area contributed by atoms with E-state index in [1.165, 1.54) is 0 Å². The zero-order valence-electron chi connectivity index (χ0n) is 13.1. The predicted octanol–water partition coefficient (Wildman–Crippen LogP) is 4.14. The minimum Gasteiger partial charge on any atom is -0.273 e. The lowest BCUT2D eigenvalue weighted by Crippen LogP contribution is -2.13. The van der Waals surface area contributed by atoms with E-state index in [0.717, 1.165) is 38.2 Å². The lowest BCUT2D eigenvalue weighted by Gasteiger charge is -2.06. The Morgan fingerprint density at radius 3 is 2.60 bits per heavy atom. The van der Waals surface area contributed by atoms with E-state index in [-0.39, 0.29) is 5.56 Å². The predicted molar refractivity (Wildman–Crippen MR) is 100 cm³/mol. The summed E-state index contributed by atoms with van der Waals surface area (Å²) in [5.74, 6) is 0. The van der Waals surface area contributed by atoms with Gasteiger partial charge in [0.1, 0.15) is 11.0 Å². The number of aromatic nitrogens is 3. The van der Waals surface area contributed by atoms with Gasteiger partial charge in [0.2, 0.25) is 0 Å². The van der Waals surface area contributed by atoms with Crippen molar-refractivity contribution in [1.82, 2.24) is 14.4 Å². The molecule has 0 amide bonds. The van der Waals surface area contributed by atoms with Crippen LogP contribution in [-0.2, 0) is 0 Å². The van der Waals surface area contributed by atoms with Crippen molar-refractivity contribution in [1.29, 1.82) is 0 Å². The van der Waals surface area contributed by atoms with Crippen LogP contribution in [0, 0.1) is 0 Å². The highest BCUT2D eigenvalue weighted by Gasteiger charge is 2.18.